The maximum Gasteiger partial charge on any atom is 0.248 e. The molecule has 4 heteroatoms. The average Bonchev–Trinajstić information content (AvgIpc) is 2.46. The Bertz CT molecular complexity index is 578. The van der Waals surface area contributed by atoms with Crippen LogP contribution in [-0.2, 0) is 0 Å². The standard InChI is InChI=1S/C15H15NO3/c1-19-13-4-2-3-12(9-13)14(17)10-5-7-11(8-6-10)15(16)18/h2-9,14,17H,1H3,(H2,16,18). The van der Waals surface area contributed by atoms with Gasteiger partial charge in [-0.1, -0.05) is 24.3 Å². The van der Waals surface area contributed by atoms with Gasteiger partial charge in [0.25, 0.3) is 0 Å². The highest BCUT2D eigenvalue weighted by molar-refractivity contribution is 5.92. The first-order valence-corrected chi connectivity index (χ1v) is 5.83. The first kappa shape index (κ1) is 13.1. The molecule has 2 rings (SSSR count). The zero-order valence-electron chi connectivity index (χ0n) is 10.5. The minimum Gasteiger partial charge on any atom is -0.497 e. The van der Waals surface area contributed by atoms with Crippen LogP contribution in [0.2, 0.25) is 0 Å². The van der Waals surface area contributed by atoms with Gasteiger partial charge in [-0.15, -0.1) is 0 Å². The van der Waals surface area contributed by atoms with Crippen LogP contribution < -0.4 is 10.5 Å². The van der Waals surface area contributed by atoms with E-state index in [-0.39, 0.29) is 0 Å². The topological polar surface area (TPSA) is 72.6 Å². The summed E-state index contributed by atoms with van der Waals surface area (Å²) in [4.78, 5) is 11.0. The number of benzene rings is 2. The van der Waals surface area contributed by atoms with Crippen molar-refractivity contribution in [1.29, 1.82) is 0 Å². The molecule has 0 heterocycles. The third-order valence-electron chi connectivity index (χ3n) is 2.92. The quantitative estimate of drug-likeness (QED) is 0.878. The van der Waals surface area contributed by atoms with E-state index in [1.165, 1.54) is 0 Å². The number of aliphatic hydroxyl groups excluding tert-OH is 1. The van der Waals surface area contributed by atoms with E-state index in [0.29, 0.717) is 16.9 Å². The van der Waals surface area contributed by atoms with E-state index in [1.54, 1.807) is 37.4 Å². The van der Waals surface area contributed by atoms with Crippen molar-refractivity contribution in [2.24, 2.45) is 5.73 Å². The first-order chi connectivity index (χ1) is 9.11. The lowest BCUT2D eigenvalue weighted by Crippen LogP contribution is -2.11. The van der Waals surface area contributed by atoms with Crippen LogP contribution >= 0.6 is 0 Å². The maximum absolute atomic E-state index is 11.0. The van der Waals surface area contributed by atoms with E-state index in [0.717, 1.165) is 5.56 Å². The molecular weight excluding hydrogens is 242 g/mol. The fraction of sp³-hybridized carbons (Fsp3) is 0.133. The molecule has 0 saturated carbocycles. The van der Waals surface area contributed by atoms with Crippen LogP contribution in [0.4, 0.5) is 0 Å². The van der Waals surface area contributed by atoms with Gasteiger partial charge in [0, 0.05) is 5.56 Å². The number of rotatable bonds is 4. The highest BCUT2D eigenvalue weighted by atomic mass is 16.5. The van der Waals surface area contributed by atoms with Gasteiger partial charge in [0.2, 0.25) is 5.91 Å². The van der Waals surface area contributed by atoms with Crippen molar-refractivity contribution in [3.63, 3.8) is 0 Å². The van der Waals surface area contributed by atoms with Gasteiger partial charge < -0.3 is 15.6 Å². The molecule has 1 atom stereocenters. The lowest BCUT2D eigenvalue weighted by molar-refractivity contribution is 0.1000. The number of ether oxygens (including phenoxy) is 1. The van der Waals surface area contributed by atoms with Crippen molar-refractivity contribution in [2.45, 2.75) is 6.10 Å². The van der Waals surface area contributed by atoms with E-state index in [4.69, 9.17) is 10.5 Å². The minimum atomic E-state index is -0.767. The predicted molar refractivity (Wildman–Crippen MR) is 72.0 cm³/mol. The lowest BCUT2D eigenvalue weighted by atomic mass is 10.00. The number of nitrogens with two attached hydrogens (primary N) is 1. The Morgan fingerprint density at radius 3 is 2.42 bits per heavy atom. The van der Waals surface area contributed by atoms with Crippen molar-refractivity contribution < 1.29 is 14.6 Å². The number of amides is 1. The molecule has 1 amide bonds. The number of carbonyl (C=O) groups is 1. The van der Waals surface area contributed by atoms with Crippen LogP contribution in [0.5, 0.6) is 5.75 Å². The van der Waals surface area contributed by atoms with Crippen LogP contribution in [0.15, 0.2) is 48.5 Å². The summed E-state index contributed by atoms with van der Waals surface area (Å²) in [6, 6.07) is 13.8. The summed E-state index contributed by atoms with van der Waals surface area (Å²) in [5.74, 6) is 0.202. The Labute approximate surface area is 111 Å². The van der Waals surface area contributed by atoms with Crippen molar-refractivity contribution >= 4 is 5.91 Å². The molecule has 3 N–H and O–H groups in total. The van der Waals surface area contributed by atoms with Crippen molar-refractivity contribution in [2.75, 3.05) is 7.11 Å². The molecule has 2 aromatic rings. The van der Waals surface area contributed by atoms with Gasteiger partial charge in [-0.25, -0.2) is 0 Å². The predicted octanol–water partition coefficient (Wildman–Crippen LogP) is 1.88. The molecule has 19 heavy (non-hydrogen) atoms. The lowest BCUT2D eigenvalue weighted by Gasteiger charge is -2.12. The Morgan fingerprint density at radius 1 is 1.16 bits per heavy atom. The zero-order valence-corrected chi connectivity index (χ0v) is 10.5. The van der Waals surface area contributed by atoms with Gasteiger partial charge in [0.1, 0.15) is 11.9 Å². The largest absolute Gasteiger partial charge is 0.497 e. The second-order valence-corrected chi connectivity index (χ2v) is 4.17. The minimum absolute atomic E-state index is 0.418. The van der Waals surface area contributed by atoms with Crippen molar-refractivity contribution in [3.05, 3.63) is 65.2 Å². The monoisotopic (exact) mass is 257 g/mol. The molecule has 0 aromatic heterocycles. The molecule has 0 aliphatic rings. The van der Waals surface area contributed by atoms with Crippen LogP contribution in [0, 0.1) is 0 Å². The van der Waals surface area contributed by atoms with E-state index in [9.17, 15) is 9.90 Å². The highest BCUT2D eigenvalue weighted by Gasteiger charge is 2.11. The molecule has 0 aliphatic carbocycles. The molecule has 0 aliphatic heterocycles. The number of aliphatic hydroxyl groups is 1. The third-order valence-corrected chi connectivity index (χ3v) is 2.92. The van der Waals surface area contributed by atoms with Gasteiger partial charge in [0.05, 0.1) is 7.11 Å². The van der Waals surface area contributed by atoms with E-state index < -0.39 is 12.0 Å². The second-order valence-electron chi connectivity index (χ2n) is 4.17. The van der Waals surface area contributed by atoms with Gasteiger partial charge in [-0.05, 0) is 35.4 Å². The highest BCUT2D eigenvalue weighted by Crippen LogP contribution is 2.25. The van der Waals surface area contributed by atoms with E-state index >= 15 is 0 Å². The number of carbonyl (C=O) groups excluding carboxylic acids is 1. The Kier molecular flexibility index (Phi) is 3.82. The molecule has 0 fully saturated rings. The molecule has 0 bridgehead atoms. The summed E-state index contributed by atoms with van der Waals surface area (Å²) in [5, 5.41) is 10.3. The summed E-state index contributed by atoms with van der Waals surface area (Å²) in [6.07, 6.45) is -0.767. The molecule has 2 aromatic carbocycles. The van der Waals surface area contributed by atoms with Crippen LogP contribution in [-0.4, -0.2) is 18.1 Å². The molecule has 1 unspecified atom stereocenters. The number of methoxy groups -OCH3 is 1. The SMILES string of the molecule is COc1cccc(C(O)c2ccc(C(N)=O)cc2)c1. The summed E-state index contributed by atoms with van der Waals surface area (Å²) >= 11 is 0. The zero-order chi connectivity index (χ0) is 13.8. The third kappa shape index (κ3) is 2.92. The molecular formula is C15H15NO3. The summed E-state index contributed by atoms with van der Waals surface area (Å²) in [5.41, 5.74) is 7.01. The molecule has 0 radical (unpaired) electrons. The first-order valence-electron chi connectivity index (χ1n) is 5.83. The van der Waals surface area contributed by atoms with Crippen molar-refractivity contribution in [3.8, 4) is 5.75 Å². The Morgan fingerprint density at radius 2 is 1.84 bits per heavy atom. The van der Waals surface area contributed by atoms with E-state index in [1.807, 2.05) is 18.2 Å². The van der Waals surface area contributed by atoms with Crippen LogP contribution in [0.1, 0.15) is 27.6 Å². The molecule has 4 nitrogen and oxygen atoms in total. The second kappa shape index (κ2) is 5.54. The fourth-order valence-electron chi connectivity index (χ4n) is 1.83. The maximum atomic E-state index is 11.0. The summed E-state index contributed by atoms with van der Waals surface area (Å²) < 4.78 is 5.12. The van der Waals surface area contributed by atoms with Gasteiger partial charge >= 0.3 is 0 Å². The number of hydrogen-bond acceptors (Lipinski definition) is 3. The van der Waals surface area contributed by atoms with Gasteiger partial charge in [0.15, 0.2) is 0 Å². The van der Waals surface area contributed by atoms with Gasteiger partial charge in [-0.3, -0.25) is 4.79 Å². The Balaban J connectivity index is 2.27. The summed E-state index contributed by atoms with van der Waals surface area (Å²) in [6.45, 7) is 0. The molecule has 0 saturated heterocycles. The van der Waals surface area contributed by atoms with Crippen LogP contribution in [0.25, 0.3) is 0 Å². The van der Waals surface area contributed by atoms with Gasteiger partial charge in [-0.2, -0.15) is 0 Å². The number of hydrogen-bond donors (Lipinski definition) is 2. The smallest absolute Gasteiger partial charge is 0.248 e. The van der Waals surface area contributed by atoms with Crippen molar-refractivity contribution in [1.82, 2.24) is 0 Å². The Hall–Kier alpha value is -2.33. The number of primary amides is 1. The normalized spacial score (nSPS) is 11.9. The average molecular weight is 257 g/mol. The fourth-order valence-corrected chi connectivity index (χ4v) is 1.83. The summed E-state index contributed by atoms with van der Waals surface area (Å²) in [7, 11) is 1.58. The van der Waals surface area contributed by atoms with E-state index in [2.05, 4.69) is 0 Å². The van der Waals surface area contributed by atoms with Crippen LogP contribution in [0.3, 0.4) is 0 Å². The molecule has 0 spiro atoms. The molecule has 98 valence electrons.